The number of aromatic nitrogens is 1. The summed E-state index contributed by atoms with van der Waals surface area (Å²) in [6.07, 6.45) is 2.40. The van der Waals surface area contributed by atoms with Crippen molar-refractivity contribution in [2.45, 2.75) is 19.9 Å². The molecule has 0 saturated heterocycles. The van der Waals surface area contributed by atoms with Crippen LogP contribution in [0.3, 0.4) is 0 Å². The number of carbonyl (C=O) groups is 1. The van der Waals surface area contributed by atoms with Gasteiger partial charge in [0, 0.05) is 24.2 Å². The molecule has 1 N–H and O–H groups in total. The lowest BCUT2D eigenvalue weighted by Crippen LogP contribution is -2.38. The van der Waals surface area contributed by atoms with Crippen LogP contribution in [-0.2, 0) is 13.0 Å². The fourth-order valence-corrected chi connectivity index (χ4v) is 2.15. The van der Waals surface area contributed by atoms with Gasteiger partial charge in [-0.3, -0.25) is 0 Å². The third kappa shape index (κ3) is 2.45. The molecule has 0 radical (unpaired) electrons. The molecule has 1 aliphatic rings. The topological polar surface area (TPSA) is 58.4 Å². The van der Waals surface area contributed by atoms with Crippen molar-refractivity contribution in [1.82, 2.24) is 10.1 Å². The molecular formula is C14H15N3O2. The molecule has 0 bridgehead atoms. The van der Waals surface area contributed by atoms with Crippen LogP contribution < -0.4 is 5.32 Å². The van der Waals surface area contributed by atoms with Gasteiger partial charge < -0.3 is 14.7 Å². The number of benzene rings is 1. The van der Waals surface area contributed by atoms with Crippen LogP contribution in [0.25, 0.3) is 0 Å². The molecule has 3 rings (SSSR count). The molecule has 0 atom stereocenters. The fourth-order valence-electron chi connectivity index (χ4n) is 2.15. The van der Waals surface area contributed by atoms with Crippen LogP contribution in [0.4, 0.5) is 10.5 Å². The lowest BCUT2D eigenvalue weighted by molar-refractivity contribution is 0.202. The first kappa shape index (κ1) is 11.8. The molecule has 0 saturated carbocycles. The molecular weight excluding hydrogens is 242 g/mol. The molecule has 2 heterocycles. The molecule has 0 spiro atoms. The van der Waals surface area contributed by atoms with Crippen LogP contribution in [0.2, 0.25) is 0 Å². The van der Waals surface area contributed by atoms with Crippen molar-refractivity contribution in [2.24, 2.45) is 0 Å². The van der Waals surface area contributed by atoms with E-state index in [1.165, 1.54) is 5.56 Å². The number of amides is 2. The summed E-state index contributed by atoms with van der Waals surface area (Å²) in [7, 11) is 0. The largest absolute Gasteiger partial charge is 0.361 e. The summed E-state index contributed by atoms with van der Waals surface area (Å²) < 4.78 is 5.11. The summed E-state index contributed by atoms with van der Waals surface area (Å²) >= 11 is 0. The minimum atomic E-state index is -0.0873. The second kappa shape index (κ2) is 4.76. The number of nitrogens with zero attached hydrogens (tertiary/aromatic N) is 2. The van der Waals surface area contributed by atoms with Gasteiger partial charge in [0.2, 0.25) is 0 Å². The van der Waals surface area contributed by atoms with E-state index in [9.17, 15) is 4.79 Å². The van der Waals surface area contributed by atoms with E-state index >= 15 is 0 Å². The van der Waals surface area contributed by atoms with Crippen LogP contribution in [0.5, 0.6) is 0 Å². The second-order valence-corrected chi connectivity index (χ2v) is 4.74. The third-order valence-corrected chi connectivity index (χ3v) is 3.29. The molecule has 98 valence electrons. The normalized spacial score (nSPS) is 14.1. The molecule has 1 aliphatic heterocycles. The van der Waals surface area contributed by atoms with Crippen molar-refractivity contribution in [1.29, 1.82) is 0 Å². The number of hydrogen-bond acceptors (Lipinski definition) is 3. The zero-order chi connectivity index (χ0) is 13.2. The standard InChI is InChI=1S/C14H15N3O2/c1-10-2-4-12(5-3-10)16-14(18)17-7-6-13-11(9-17)8-15-19-13/h2-5,8H,6-7,9H2,1H3,(H,16,18). The van der Waals surface area contributed by atoms with Gasteiger partial charge in [0.25, 0.3) is 0 Å². The quantitative estimate of drug-likeness (QED) is 0.854. The Bertz CT molecular complexity index is 589. The van der Waals surface area contributed by atoms with Gasteiger partial charge in [-0.05, 0) is 19.1 Å². The predicted molar refractivity (Wildman–Crippen MR) is 70.8 cm³/mol. The molecule has 2 aromatic rings. The van der Waals surface area contributed by atoms with Crippen molar-refractivity contribution >= 4 is 11.7 Å². The Morgan fingerprint density at radius 3 is 2.95 bits per heavy atom. The first-order chi connectivity index (χ1) is 9.22. The van der Waals surface area contributed by atoms with Crippen LogP contribution >= 0.6 is 0 Å². The van der Waals surface area contributed by atoms with Gasteiger partial charge in [0.1, 0.15) is 5.76 Å². The minimum Gasteiger partial charge on any atom is -0.361 e. The van der Waals surface area contributed by atoms with Crippen LogP contribution in [0.15, 0.2) is 35.0 Å². The van der Waals surface area contributed by atoms with E-state index in [1.807, 2.05) is 31.2 Å². The highest BCUT2D eigenvalue weighted by Crippen LogP contribution is 2.19. The van der Waals surface area contributed by atoms with Crippen molar-refractivity contribution in [2.75, 3.05) is 11.9 Å². The lowest BCUT2D eigenvalue weighted by atomic mass is 10.1. The number of hydrogen-bond donors (Lipinski definition) is 1. The molecule has 0 unspecified atom stereocenters. The van der Waals surface area contributed by atoms with Gasteiger partial charge in [-0.15, -0.1) is 0 Å². The molecule has 1 aromatic heterocycles. The smallest absolute Gasteiger partial charge is 0.322 e. The summed E-state index contributed by atoms with van der Waals surface area (Å²) in [4.78, 5) is 13.9. The van der Waals surface area contributed by atoms with Crippen molar-refractivity contribution in [3.8, 4) is 0 Å². The van der Waals surface area contributed by atoms with Gasteiger partial charge >= 0.3 is 6.03 Å². The summed E-state index contributed by atoms with van der Waals surface area (Å²) in [6, 6.07) is 7.67. The third-order valence-electron chi connectivity index (χ3n) is 3.29. The minimum absolute atomic E-state index is 0.0873. The average Bonchev–Trinajstić information content (AvgIpc) is 2.88. The van der Waals surface area contributed by atoms with Gasteiger partial charge in [-0.1, -0.05) is 22.9 Å². The van der Waals surface area contributed by atoms with E-state index in [1.54, 1.807) is 11.1 Å². The fraction of sp³-hybridized carbons (Fsp3) is 0.286. The maximum absolute atomic E-state index is 12.1. The highest BCUT2D eigenvalue weighted by Gasteiger charge is 2.23. The highest BCUT2D eigenvalue weighted by molar-refractivity contribution is 5.89. The Morgan fingerprint density at radius 2 is 2.16 bits per heavy atom. The summed E-state index contributed by atoms with van der Waals surface area (Å²) in [5.74, 6) is 0.888. The van der Waals surface area contributed by atoms with Gasteiger partial charge in [0.15, 0.2) is 0 Å². The molecule has 0 fully saturated rings. The maximum atomic E-state index is 12.1. The molecule has 1 aromatic carbocycles. The number of fused-ring (bicyclic) bond motifs is 1. The van der Waals surface area contributed by atoms with Crippen LogP contribution in [0, 0.1) is 6.92 Å². The van der Waals surface area contributed by atoms with Crippen molar-refractivity contribution in [3.05, 3.63) is 47.3 Å². The monoisotopic (exact) mass is 257 g/mol. The Hall–Kier alpha value is -2.30. The Kier molecular flexibility index (Phi) is 2.95. The van der Waals surface area contributed by atoms with E-state index < -0.39 is 0 Å². The summed E-state index contributed by atoms with van der Waals surface area (Å²) in [6.45, 7) is 3.22. The number of urea groups is 1. The summed E-state index contributed by atoms with van der Waals surface area (Å²) in [5, 5.41) is 6.66. The molecule has 19 heavy (non-hydrogen) atoms. The number of nitrogens with one attached hydrogen (secondary N) is 1. The predicted octanol–water partition coefficient (Wildman–Crippen LogP) is 2.57. The zero-order valence-corrected chi connectivity index (χ0v) is 10.7. The first-order valence-corrected chi connectivity index (χ1v) is 6.27. The molecule has 0 aliphatic carbocycles. The number of carbonyl (C=O) groups excluding carboxylic acids is 1. The zero-order valence-electron chi connectivity index (χ0n) is 10.7. The molecule has 2 amide bonds. The van der Waals surface area contributed by atoms with E-state index in [0.29, 0.717) is 13.1 Å². The van der Waals surface area contributed by atoms with E-state index in [-0.39, 0.29) is 6.03 Å². The van der Waals surface area contributed by atoms with Crippen LogP contribution in [0.1, 0.15) is 16.9 Å². The van der Waals surface area contributed by atoms with Crippen molar-refractivity contribution < 1.29 is 9.32 Å². The van der Waals surface area contributed by atoms with E-state index in [0.717, 1.165) is 23.4 Å². The molecule has 5 heteroatoms. The summed E-state index contributed by atoms with van der Waals surface area (Å²) in [5.41, 5.74) is 2.97. The SMILES string of the molecule is Cc1ccc(NC(=O)N2CCc3oncc3C2)cc1. The Labute approximate surface area is 111 Å². The average molecular weight is 257 g/mol. The Morgan fingerprint density at radius 1 is 1.37 bits per heavy atom. The van der Waals surface area contributed by atoms with Gasteiger partial charge in [-0.2, -0.15) is 0 Å². The Balaban J connectivity index is 1.67. The van der Waals surface area contributed by atoms with Crippen LogP contribution in [-0.4, -0.2) is 22.6 Å². The lowest BCUT2D eigenvalue weighted by Gasteiger charge is -2.25. The van der Waals surface area contributed by atoms with Gasteiger partial charge in [0.05, 0.1) is 12.7 Å². The van der Waals surface area contributed by atoms with E-state index in [2.05, 4.69) is 10.5 Å². The maximum Gasteiger partial charge on any atom is 0.322 e. The van der Waals surface area contributed by atoms with E-state index in [4.69, 9.17) is 4.52 Å². The number of anilines is 1. The number of aryl methyl sites for hydroxylation is 1. The number of rotatable bonds is 1. The van der Waals surface area contributed by atoms with Crippen molar-refractivity contribution in [3.63, 3.8) is 0 Å². The second-order valence-electron chi connectivity index (χ2n) is 4.74. The highest BCUT2D eigenvalue weighted by atomic mass is 16.5. The first-order valence-electron chi connectivity index (χ1n) is 6.27. The van der Waals surface area contributed by atoms with Gasteiger partial charge in [-0.25, -0.2) is 4.79 Å². The molecule has 5 nitrogen and oxygen atoms in total.